The molecule has 1 saturated heterocycles. The van der Waals surface area contributed by atoms with Gasteiger partial charge in [-0.25, -0.2) is 14.5 Å². The van der Waals surface area contributed by atoms with Crippen LogP contribution in [0.3, 0.4) is 0 Å². The number of likely N-dealkylation sites (tertiary alicyclic amines) is 1. The van der Waals surface area contributed by atoms with E-state index in [9.17, 15) is 4.79 Å². The molecule has 0 unspecified atom stereocenters. The summed E-state index contributed by atoms with van der Waals surface area (Å²) in [5, 5.41) is 4.16. The molecule has 1 aliphatic rings. The summed E-state index contributed by atoms with van der Waals surface area (Å²) in [6.07, 6.45) is 10.1. The molecule has 7 nitrogen and oxygen atoms in total. The highest BCUT2D eigenvalue weighted by Crippen LogP contribution is 2.27. The molecule has 3 aromatic rings. The molecule has 23 heavy (non-hydrogen) atoms. The standard InChI is InChI=1S/C16H16N6O/c23-16(14-11-17-6-7-18-14)21-8-2-12(3-9-21)13-4-10-22-15(20-13)1-5-19-22/h1,4-7,10-12H,2-3,8-9H2. The predicted octanol–water partition coefficient (Wildman–Crippen LogP) is 1.54. The van der Waals surface area contributed by atoms with Gasteiger partial charge in [-0.3, -0.25) is 9.78 Å². The summed E-state index contributed by atoms with van der Waals surface area (Å²) in [5.74, 6) is 0.330. The van der Waals surface area contributed by atoms with E-state index in [-0.39, 0.29) is 5.91 Å². The number of hydrogen-bond donors (Lipinski definition) is 0. The lowest BCUT2D eigenvalue weighted by molar-refractivity contribution is 0.0705. The maximum Gasteiger partial charge on any atom is 0.274 e. The van der Waals surface area contributed by atoms with E-state index in [1.54, 1.807) is 23.1 Å². The van der Waals surface area contributed by atoms with E-state index in [0.717, 1.165) is 24.2 Å². The number of nitrogens with zero attached hydrogens (tertiary/aromatic N) is 6. The Morgan fingerprint density at radius 1 is 1.13 bits per heavy atom. The molecule has 0 N–H and O–H groups in total. The van der Waals surface area contributed by atoms with Gasteiger partial charge in [0, 0.05) is 49.4 Å². The Balaban J connectivity index is 1.45. The van der Waals surface area contributed by atoms with Crippen molar-refractivity contribution in [2.75, 3.05) is 13.1 Å². The third kappa shape index (κ3) is 2.65. The Bertz CT molecular complexity index is 823. The van der Waals surface area contributed by atoms with Gasteiger partial charge in [-0.15, -0.1) is 0 Å². The molecule has 1 aliphatic heterocycles. The lowest BCUT2D eigenvalue weighted by Crippen LogP contribution is -2.38. The molecule has 0 saturated carbocycles. The van der Waals surface area contributed by atoms with E-state index >= 15 is 0 Å². The van der Waals surface area contributed by atoms with Crippen molar-refractivity contribution < 1.29 is 4.79 Å². The smallest absolute Gasteiger partial charge is 0.274 e. The van der Waals surface area contributed by atoms with Gasteiger partial charge in [-0.1, -0.05) is 0 Å². The molecule has 7 heteroatoms. The summed E-state index contributed by atoms with van der Waals surface area (Å²) in [5.41, 5.74) is 2.34. The predicted molar refractivity (Wildman–Crippen MR) is 82.9 cm³/mol. The molecule has 1 fully saturated rings. The molecule has 3 aromatic heterocycles. The van der Waals surface area contributed by atoms with Crippen molar-refractivity contribution in [3.8, 4) is 0 Å². The van der Waals surface area contributed by atoms with Crippen LogP contribution >= 0.6 is 0 Å². The summed E-state index contributed by atoms with van der Waals surface area (Å²) in [6.45, 7) is 1.43. The van der Waals surface area contributed by atoms with Gasteiger partial charge in [0.1, 0.15) is 5.69 Å². The lowest BCUT2D eigenvalue weighted by atomic mass is 9.93. The van der Waals surface area contributed by atoms with Crippen LogP contribution in [-0.4, -0.2) is 48.5 Å². The number of piperidine rings is 1. The zero-order valence-corrected chi connectivity index (χ0v) is 12.5. The first-order valence-corrected chi connectivity index (χ1v) is 7.67. The summed E-state index contributed by atoms with van der Waals surface area (Å²) in [7, 11) is 0. The van der Waals surface area contributed by atoms with Gasteiger partial charge in [0.25, 0.3) is 5.91 Å². The van der Waals surface area contributed by atoms with Crippen LogP contribution < -0.4 is 0 Å². The summed E-state index contributed by atoms with van der Waals surface area (Å²) in [6, 6.07) is 3.92. The molecule has 1 amide bonds. The van der Waals surface area contributed by atoms with Crippen molar-refractivity contribution in [1.29, 1.82) is 0 Å². The molecular formula is C16H16N6O. The van der Waals surface area contributed by atoms with Gasteiger partial charge in [0.15, 0.2) is 5.65 Å². The topological polar surface area (TPSA) is 76.3 Å². The zero-order valence-electron chi connectivity index (χ0n) is 12.5. The van der Waals surface area contributed by atoms with E-state index in [2.05, 4.69) is 20.1 Å². The SMILES string of the molecule is O=C(c1cnccn1)N1CCC(c2ccn3nccc3n2)CC1. The van der Waals surface area contributed by atoms with Crippen LogP contribution in [0, 0.1) is 0 Å². The fourth-order valence-corrected chi connectivity index (χ4v) is 3.00. The monoisotopic (exact) mass is 308 g/mol. The van der Waals surface area contributed by atoms with Gasteiger partial charge < -0.3 is 4.90 Å². The van der Waals surface area contributed by atoms with E-state index in [4.69, 9.17) is 0 Å². The fraction of sp³-hybridized carbons (Fsp3) is 0.312. The van der Waals surface area contributed by atoms with E-state index < -0.39 is 0 Å². The highest BCUT2D eigenvalue weighted by molar-refractivity contribution is 5.92. The van der Waals surface area contributed by atoms with Crippen molar-refractivity contribution in [2.24, 2.45) is 0 Å². The van der Waals surface area contributed by atoms with Gasteiger partial charge in [0.05, 0.1) is 12.4 Å². The maximum absolute atomic E-state index is 12.4. The van der Waals surface area contributed by atoms with E-state index in [1.165, 1.54) is 6.20 Å². The first-order chi connectivity index (χ1) is 11.3. The van der Waals surface area contributed by atoms with Crippen molar-refractivity contribution in [1.82, 2.24) is 29.5 Å². The van der Waals surface area contributed by atoms with Gasteiger partial charge in [-0.2, -0.15) is 5.10 Å². The molecule has 0 aliphatic carbocycles. The summed E-state index contributed by atoms with van der Waals surface area (Å²) < 4.78 is 1.76. The Morgan fingerprint density at radius 2 is 2.00 bits per heavy atom. The van der Waals surface area contributed by atoms with Crippen molar-refractivity contribution in [3.05, 3.63) is 54.5 Å². The number of hydrogen-bond acceptors (Lipinski definition) is 5. The first kappa shape index (κ1) is 13.8. The molecular weight excluding hydrogens is 292 g/mol. The molecule has 4 rings (SSSR count). The number of amides is 1. The van der Waals surface area contributed by atoms with E-state index in [0.29, 0.717) is 24.7 Å². The Labute approximate surface area is 133 Å². The van der Waals surface area contributed by atoms with Crippen LogP contribution in [0.15, 0.2) is 43.1 Å². The fourth-order valence-electron chi connectivity index (χ4n) is 3.00. The van der Waals surface area contributed by atoms with Crippen molar-refractivity contribution in [2.45, 2.75) is 18.8 Å². The number of fused-ring (bicyclic) bond motifs is 1. The molecule has 0 spiro atoms. The Hall–Kier alpha value is -2.83. The minimum absolute atomic E-state index is 0.0456. The molecule has 0 atom stereocenters. The highest BCUT2D eigenvalue weighted by Gasteiger charge is 2.26. The highest BCUT2D eigenvalue weighted by atomic mass is 16.2. The van der Waals surface area contributed by atoms with Gasteiger partial charge in [0.2, 0.25) is 0 Å². The Morgan fingerprint density at radius 3 is 2.78 bits per heavy atom. The van der Waals surface area contributed by atoms with Crippen LogP contribution in [0.1, 0.15) is 34.9 Å². The molecule has 0 radical (unpaired) electrons. The quantitative estimate of drug-likeness (QED) is 0.718. The Kier molecular flexibility index (Phi) is 3.45. The van der Waals surface area contributed by atoms with Crippen LogP contribution in [0.25, 0.3) is 5.65 Å². The van der Waals surface area contributed by atoms with Crippen molar-refractivity contribution in [3.63, 3.8) is 0 Å². The normalized spacial score (nSPS) is 15.9. The summed E-state index contributed by atoms with van der Waals surface area (Å²) in [4.78, 5) is 26.9. The minimum atomic E-state index is -0.0456. The third-order valence-corrected chi connectivity index (χ3v) is 4.26. The van der Waals surface area contributed by atoms with Gasteiger partial charge in [-0.05, 0) is 18.9 Å². The van der Waals surface area contributed by atoms with Crippen LogP contribution in [0.2, 0.25) is 0 Å². The second-order valence-electron chi connectivity index (χ2n) is 5.64. The number of rotatable bonds is 2. The number of aromatic nitrogens is 5. The lowest BCUT2D eigenvalue weighted by Gasteiger charge is -2.31. The molecule has 0 bridgehead atoms. The molecule has 0 aromatic carbocycles. The maximum atomic E-state index is 12.4. The second-order valence-corrected chi connectivity index (χ2v) is 5.64. The van der Waals surface area contributed by atoms with E-state index in [1.807, 2.05) is 23.2 Å². The number of carbonyl (C=O) groups excluding carboxylic acids is 1. The number of carbonyl (C=O) groups is 1. The molecule has 116 valence electrons. The summed E-state index contributed by atoms with van der Waals surface area (Å²) >= 11 is 0. The zero-order chi connectivity index (χ0) is 15.6. The molecule has 4 heterocycles. The van der Waals surface area contributed by atoms with Crippen LogP contribution in [0.4, 0.5) is 0 Å². The average molecular weight is 308 g/mol. The minimum Gasteiger partial charge on any atom is -0.337 e. The van der Waals surface area contributed by atoms with Crippen LogP contribution in [0.5, 0.6) is 0 Å². The largest absolute Gasteiger partial charge is 0.337 e. The van der Waals surface area contributed by atoms with Crippen molar-refractivity contribution >= 4 is 11.6 Å². The first-order valence-electron chi connectivity index (χ1n) is 7.67. The third-order valence-electron chi connectivity index (χ3n) is 4.26. The van der Waals surface area contributed by atoms with Crippen LogP contribution in [-0.2, 0) is 0 Å². The average Bonchev–Trinajstić information content (AvgIpc) is 3.10. The van der Waals surface area contributed by atoms with Gasteiger partial charge >= 0.3 is 0 Å². The second kappa shape index (κ2) is 5.75.